The molecule has 2 amide bonds. The second-order valence-electron chi connectivity index (χ2n) is 5.85. The number of rotatable bonds is 6. The van der Waals surface area contributed by atoms with E-state index in [9.17, 15) is 22.8 Å². The van der Waals surface area contributed by atoms with Crippen molar-refractivity contribution in [2.24, 2.45) is 5.92 Å². The van der Waals surface area contributed by atoms with Gasteiger partial charge in [-0.25, -0.2) is 13.2 Å². The number of benzene rings is 1. The molecule has 1 aromatic carbocycles. The fourth-order valence-electron chi connectivity index (χ4n) is 2.54. The van der Waals surface area contributed by atoms with Crippen molar-refractivity contribution >= 4 is 39.4 Å². The normalized spacial score (nSPS) is 18.1. The number of sulfone groups is 1. The van der Waals surface area contributed by atoms with Crippen LogP contribution in [0.2, 0.25) is 0 Å². The van der Waals surface area contributed by atoms with Crippen LogP contribution in [0.25, 0.3) is 0 Å². The van der Waals surface area contributed by atoms with Crippen LogP contribution in [0.15, 0.2) is 29.2 Å². The van der Waals surface area contributed by atoms with E-state index in [-0.39, 0.29) is 23.8 Å². The number of ether oxygens (including phenoxy) is 1. The zero-order chi connectivity index (χ0) is 19.2. The zero-order valence-electron chi connectivity index (χ0n) is 14.2. The Morgan fingerprint density at radius 1 is 1.19 bits per heavy atom. The molecule has 1 fully saturated rings. The maximum absolute atomic E-state index is 12.0. The van der Waals surface area contributed by atoms with Crippen LogP contribution >= 0.6 is 11.8 Å². The number of hydrogen-bond donors (Lipinski definition) is 2. The van der Waals surface area contributed by atoms with Gasteiger partial charge in [-0.15, -0.1) is 11.8 Å². The van der Waals surface area contributed by atoms with Gasteiger partial charge in [0.15, 0.2) is 16.4 Å². The van der Waals surface area contributed by atoms with E-state index >= 15 is 0 Å². The van der Waals surface area contributed by atoms with Gasteiger partial charge in [0.25, 0.3) is 5.91 Å². The molecule has 26 heavy (non-hydrogen) atoms. The van der Waals surface area contributed by atoms with Crippen molar-refractivity contribution in [3.8, 4) is 0 Å². The van der Waals surface area contributed by atoms with Crippen molar-refractivity contribution in [3.05, 3.63) is 29.8 Å². The molecule has 8 nitrogen and oxygen atoms in total. The highest BCUT2D eigenvalue weighted by Crippen LogP contribution is 2.21. The first-order chi connectivity index (χ1) is 12.3. The lowest BCUT2D eigenvalue weighted by Crippen LogP contribution is -2.44. The summed E-state index contributed by atoms with van der Waals surface area (Å²) in [5.41, 5.74) is 4.70. The average Bonchev–Trinajstić information content (AvgIpc) is 2.96. The largest absolute Gasteiger partial charge is 0.452 e. The lowest BCUT2D eigenvalue weighted by atomic mass is 10.1. The van der Waals surface area contributed by atoms with Crippen molar-refractivity contribution in [3.63, 3.8) is 0 Å². The van der Waals surface area contributed by atoms with E-state index in [4.69, 9.17) is 4.74 Å². The number of hydrogen-bond acceptors (Lipinski definition) is 7. The Balaban J connectivity index is 1.72. The molecule has 1 atom stereocenters. The molecule has 0 aromatic heterocycles. The molecule has 2 N–H and O–H groups in total. The van der Waals surface area contributed by atoms with E-state index in [1.54, 1.807) is 24.3 Å². The maximum Gasteiger partial charge on any atom is 0.339 e. The number of nitrogens with one attached hydrogen (secondary N) is 2. The third-order valence-electron chi connectivity index (χ3n) is 3.80. The highest BCUT2D eigenvalue weighted by atomic mass is 32.2. The summed E-state index contributed by atoms with van der Waals surface area (Å²) in [6.45, 7) is -0.542. The van der Waals surface area contributed by atoms with Crippen LogP contribution in [0.1, 0.15) is 23.2 Å². The molecule has 0 unspecified atom stereocenters. The second kappa shape index (κ2) is 9.04. The average molecular weight is 400 g/mol. The highest BCUT2D eigenvalue weighted by Gasteiger charge is 2.29. The summed E-state index contributed by atoms with van der Waals surface area (Å²) in [6.07, 6.45) is 2.28. The van der Waals surface area contributed by atoms with Crippen molar-refractivity contribution < 1.29 is 27.5 Å². The smallest absolute Gasteiger partial charge is 0.339 e. The number of hydrazine groups is 1. The number of amides is 2. The SMILES string of the molecule is CSc1ccccc1C(=O)OCC(=O)NNC(=O)C[C@H]1CCS(=O)(=O)C1. The third-order valence-corrected chi connectivity index (χ3v) is 6.44. The van der Waals surface area contributed by atoms with Crippen LogP contribution < -0.4 is 10.9 Å². The minimum atomic E-state index is -3.05. The summed E-state index contributed by atoms with van der Waals surface area (Å²) in [5.74, 6) is -1.97. The highest BCUT2D eigenvalue weighted by molar-refractivity contribution is 7.98. The van der Waals surface area contributed by atoms with Gasteiger partial charge in [-0.2, -0.15) is 0 Å². The van der Waals surface area contributed by atoms with Gasteiger partial charge in [0.05, 0.1) is 17.1 Å². The molecule has 1 aliphatic heterocycles. The molecule has 0 spiro atoms. The number of carbonyl (C=O) groups is 3. The topological polar surface area (TPSA) is 119 Å². The molecule has 142 valence electrons. The quantitative estimate of drug-likeness (QED) is 0.406. The molecular weight excluding hydrogens is 380 g/mol. The number of esters is 1. The van der Waals surface area contributed by atoms with E-state index in [0.29, 0.717) is 12.0 Å². The molecule has 0 saturated carbocycles. The van der Waals surface area contributed by atoms with Crippen LogP contribution in [0.3, 0.4) is 0 Å². The van der Waals surface area contributed by atoms with Gasteiger partial charge >= 0.3 is 5.97 Å². The van der Waals surface area contributed by atoms with E-state index < -0.39 is 34.2 Å². The van der Waals surface area contributed by atoms with Gasteiger partial charge in [0, 0.05) is 11.3 Å². The summed E-state index contributed by atoms with van der Waals surface area (Å²) in [4.78, 5) is 36.1. The van der Waals surface area contributed by atoms with Crippen LogP contribution in [0.5, 0.6) is 0 Å². The Morgan fingerprint density at radius 3 is 2.54 bits per heavy atom. The summed E-state index contributed by atoms with van der Waals surface area (Å²) < 4.78 is 27.6. The van der Waals surface area contributed by atoms with E-state index in [2.05, 4.69) is 10.9 Å². The van der Waals surface area contributed by atoms with Gasteiger partial charge in [-0.3, -0.25) is 20.4 Å². The minimum absolute atomic E-state index is 0.0131. The van der Waals surface area contributed by atoms with Crippen LogP contribution in [-0.2, 0) is 24.2 Å². The second-order valence-corrected chi connectivity index (χ2v) is 8.92. The van der Waals surface area contributed by atoms with Gasteiger partial charge < -0.3 is 4.74 Å². The zero-order valence-corrected chi connectivity index (χ0v) is 15.8. The summed E-state index contributed by atoms with van der Waals surface area (Å²) in [6, 6.07) is 6.86. The predicted molar refractivity (Wildman–Crippen MR) is 96.2 cm³/mol. The summed E-state index contributed by atoms with van der Waals surface area (Å²) in [7, 11) is -3.05. The van der Waals surface area contributed by atoms with Crippen molar-refractivity contribution in [2.45, 2.75) is 17.7 Å². The van der Waals surface area contributed by atoms with Crippen LogP contribution in [0.4, 0.5) is 0 Å². The van der Waals surface area contributed by atoms with Gasteiger partial charge in [0.2, 0.25) is 5.91 Å². The Morgan fingerprint density at radius 2 is 1.88 bits per heavy atom. The standard InChI is InChI=1S/C16H20N2O6S2/c1-25-13-5-3-2-4-12(13)16(21)24-9-15(20)18-17-14(19)8-11-6-7-26(22,23)10-11/h2-5,11H,6-10H2,1H3,(H,17,19)(H,18,20)/t11-/m1/s1. The van der Waals surface area contributed by atoms with Crippen molar-refractivity contribution in [2.75, 3.05) is 24.4 Å². The Bertz CT molecular complexity index is 794. The fraction of sp³-hybridized carbons (Fsp3) is 0.438. The number of carbonyl (C=O) groups excluding carboxylic acids is 3. The van der Waals surface area contributed by atoms with Gasteiger partial charge in [-0.1, -0.05) is 12.1 Å². The Labute approximate surface area is 155 Å². The molecule has 2 rings (SSSR count). The molecular formula is C16H20N2O6S2. The summed E-state index contributed by atoms with van der Waals surface area (Å²) >= 11 is 1.39. The predicted octanol–water partition coefficient (Wildman–Crippen LogP) is 0.537. The Hall–Kier alpha value is -2.07. The molecule has 10 heteroatoms. The molecule has 1 aliphatic rings. The van der Waals surface area contributed by atoms with Crippen LogP contribution in [-0.4, -0.2) is 50.6 Å². The first-order valence-corrected chi connectivity index (χ1v) is 10.9. The van der Waals surface area contributed by atoms with Crippen molar-refractivity contribution in [1.29, 1.82) is 0 Å². The summed E-state index contributed by atoms with van der Waals surface area (Å²) in [5, 5.41) is 0. The van der Waals surface area contributed by atoms with E-state index in [1.807, 2.05) is 6.26 Å². The van der Waals surface area contributed by atoms with Crippen LogP contribution in [0, 0.1) is 5.92 Å². The lowest BCUT2D eigenvalue weighted by molar-refractivity contribution is -0.131. The molecule has 0 radical (unpaired) electrons. The fourth-order valence-corrected chi connectivity index (χ4v) is 4.99. The van der Waals surface area contributed by atoms with Crippen molar-refractivity contribution in [1.82, 2.24) is 10.9 Å². The molecule has 1 aromatic rings. The number of thioether (sulfide) groups is 1. The van der Waals surface area contributed by atoms with Gasteiger partial charge in [0.1, 0.15) is 0 Å². The third kappa shape index (κ3) is 6.03. The maximum atomic E-state index is 12.0. The monoisotopic (exact) mass is 400 g/mol. The van der Waals surface area contributed by atoms with E-state index in [1.165, 1.54) is 11.8 Å². The van der Waals surface area contributed by atoms with Gasteiger partial charge in [-0.05, 0) is 30.7 Å². The molecule has 0 bridgehead atoms. The minimum Gasteiger partial charge on any atom is -0.452 e. The first kappa shape index (κ1) is 20.2. The molecule has 1 heterocycles. The lowest BCUT2D eigenvalue weighted by Gasteiger charge is -2.11. The first-order valence-electron chi connectivity index (χ1n) is 7.89. The van der Waals surface area contributed by atoms with E-state index in [0.717, 1.165) is 4.90 Å². The Kier molecular flexibility index (Phi) is 7.04. The molecule has 1 saturated heterocycles. The molecule has 0 aliphatic carbocycles.